The summed E-state index contributed by atoms with van der Waals surface area (Å²) in [6.07, 6.45) is 4.01. The molecule has 1 aliphatic heterocycles. The third kappa shape index (κ3) is 6.12. The molecule has 2 aromatic rings. The van der Waals surface area contributed by atoms with Crippen LogP contribution in [0.1, 0.15) is 57.3 Å². The van der Waals surface area contributed by atoms with Crippen LogP contribution in [0.15, 0.2) is 47.1 Å². The standard InChI is InChI=1S/C24H33N3O3/c1-18(2)20-6-8-21(9-7-20)25-24(29)27(17-22-5-4-16-30-22)15-12-23(28)26-13-10-19(3)11-14-26/h4-9,16,18-19H,10-15,17H2,1-3H3,(H,25,29). The molecule has 3 amide bonds. The van der Waals surface area contributed by atoms with Crippen molar-refractivity contribution in [1.82, 2.24) is 9.80 Å². The van der Waals surface area contributed by atoms with Crippen LogP contribution in [0.3, 0.4) is 0 Å². The number of carbonyl (C=O) groups excluding carboxylic acids is 2. The average Bonchev–Trinajstić information content (AvgIpc) is 3.25. The van der Waals surface area contributed by atoms with E-state index in [1.165, 1.54) is 5.56 Å². The fourth-order valence-corrected chi connectivity index (χ4v) is 3.64. The van der Waals surface area contributed by atoms with Gasteiger partial charge in [-0.05, 0) is 54.5 Å². The van der Waals surface area contributed by atoms with Gasteiger partial charge in [0.05, 0.1) is 12.8 Å². The predicted molar refractivity (Wildman–Crippen MR) is 118 cm³/mol. The van der Waals surface area contributed by atoms with Crippen molar-refractivity contribution in [2.24, 2.45) is 5.92 Å². The minimum atomic E-state index is -0.233. The molecule has 0 aliphatic carbocycles. The SMILES string of the molecule is CC1CCN(C(=O)CCN(Cc2ccco2)C(=O)Nc2ccc(C(C)C)cc2)CC1. The van der Waals surface area contributed by atoms with Gasteiger partial charge in [-0.1, -0.05) is 32.9 Å². The first-order valence-electron chi connectivity index (χ1n) is 10.9. The van der Waals surface area contributed by atoms with Crippen LogP contribution in [0.4, 0.5) is 10.5 Å². The zero-order valence-corrected chi connectivity index (χ0v) is 18.3. The largest absolute Gasteiger partial charge is 0.467 e. The Kier molecular flexibility index (Phi) is 7.55. The number of anilines is 1. The molecule has 30 heavy (non-hydrogen) atoms. The minimum absolute atomic E-state index is 0.112. The second-order valence-corrected chi connectivity index (χ2v) is 8.52. The van der Waals surface area contributed by atoms with E-state index in [2.05, 4.69) is 26.1 Å². The highest BCUT2D eigenvalue weighted by atomic mass is 16.3. The number of carbonyl (C=O) groups is 2. The van der Waals surface area contributed by atoms with Crippen molar-refractivity contribution in [3.05, 3.63) is 54.0 Å². The maximum atomic E-state index is 12.9. The van der Waals surface area contributed by atoms with Crippen LogP contribution >= 0.6 is 0 Å². The van der Waals surface area contributed by atoms with Gasteiger partial charge in [-0.3, -0.25) is 4.79 Å². The second kappa shape index (κ2) is 10.3. The number of rotatable bonds is 7. The Hall–Kier alpha value is -2.76. The highest BCUT2D eigenvalue weighted by molar-refractivity contribution is 5.89. The monoisotopic (exact) mass is 411 g/mol. The van der Waals surface area contributed by atoms with Crippen LogP contribution < -0.4 is 5.32 Å². The summed E-state index contributed by atoms with van der Waals surface area (Å²) in [6, 6.07) is 11.3. The lowest BCUT2D eigenvalue weighted by Gasteiger charge is -2.31. The number of amides is 3. The Morgan fingerprint density at radius 1 is 1.17 bits per heavy atom. The highest BCUT2D eigenvalue weighted by Gasteiger charge is 2.22. The number of nitrogens with zero attached hydrogens (tertiary/aromatic N) is 2. The van der Waals surface area contributed by atoms with Crippen LogP contribution in [0, 0.1) is 5.92 Å². The molecule has 0 saturated carbocycles. The molecule has 1 fully saturated rings. The van der Waals surface area contributed by atoms with Crippen LogP contribution in [-0.2, 0) is 11.3 Å². The minimum Gasteiger partial charge on any atom is -0.467 e. The fraction of sp³-hybridized carbons (Fsp3) is 0.500. The van der Waals surface area contributed by atoms with Gasteiger partial charge in [-0.2, -0.15) is 0 Å². The molecule has 0 spiro atoms. The summed E-state index contributed by atoms with van der Waals surface area (Å²) in [5.41, 5.74) is 1.96. The lowest BCUT2D eigenvalue weighted by Crippen LogP contribution is -2.41. The zero-order valence-electron chi connectivity index (χ0n) is 18.3. The molecule has 1 saturated heterocycles. The van der Waals surface area contributed by atoms with Crippen LogP contribution in [-0.4, -0.2) is 41.4 Å². The quantitative estimate of drug-likeness (QED) is 0.690. The van der Waals surface area contributed by atoms with Gasteiger partial charge in [-0.15, -0.1) is 0 Å². The second-order valence-electron chi connectivity index (χ2n) is 8.52. The Balaban J connectivity index is 1.61. The van der Waals surface area contributed by atoms with Crippen molar-refractivity contribution < 1.29 is 14.0 Å². The topological polar surface area (TPSA) is 65.8 Å². The zero-order chi connectivity index (χ0) is 21.5. The normalized spacial score (nSPS) is 14.7. The van der Waals surface area contributed by atoms with E-state index in [1.807, 2.05) is 35.2 Å². The van der Waals surface area contributed by atoms with Crippen molar-refractivity contribution in [2.75, 3.05) is 25.0 Å². The molecule has 6 heteroatoms. The van der Waals surface area contributed by atoms with Gasteiger partial charge >= 0.3 is 6.03 Å². The molecule has 0 atom stereocenters. The summed E-state index contributed by atoms with van der Waals surface area (Å²) in [5, 5.41) is 2.95. The van der Waals surface area contributed by atoms with E-state index in [0.29, 0.717) is 37.1 Å². The molecule has 1 aliphatic rings. The maximum absolute atomic E-state index is 12.9. The maximum Gasteiger partial charge on any atom is 0.322 e. The number of furan rings is 1. The molecule has 0 bridgehead atoms. The molecule has 1 aromatic carbocycles. The molecule has 162 valence electrons. The molecule has 2 heterocycles. The molecular weight excluding hydrogens is 378 g/mol. The van der Waals surface area contributed by atoms with Crippen LogP contribution in [0.5, 0.6) is 0 Å². The number of nitrogens with one attached hydrogen (secondary N) is 1. The molecule has 6 nitrogen and oxygen atoms in total. The van der Waals surface area contributed by atoms with E-state index in [-0.39, 0.29) is 11.9 Å². The Bertz CT molecular complexity index is 807. The Labute approximate surface area is 179 Å². The predicted octanol–water partition coefficient (Wildman–Crippen LogP) is 5.09. The molecule has 1 N–H and O–H groups in total. The Morgan fingerprint density at radius 2 is 1.87 bits per heavy atom. The van der Waals surface area contributed by atoms with Gasteiger partial charge in [0.15, 0.2) is 0 Å². The number of piperidine rings is 1. The first-order valence-corrected chi connectivity index (χ1v) is 10.9. The van der Waals surface area contributed by atoms with Crippen molar-refractivity contribution in [1.29, 1.82) is 0 Å². The third-order valence-electron chi connectivity index (χ3n) is 5.77. The van der Waals surface area contributed by atoms with Crippen molar-refractivity contribution in [3.8, 4) is 0 Å². The summed E-state index contributed by atoms with van der Waals surface area (Å²) in [6.45, 7) is 8.80. The first kappa shape index (κ1) is 21.9. The number of hydrogen-bond acceptors (Lipinski definition) is 3. The number of likely N-dealkylation sites (tertiary alicyclic amines) is 1. The third-order valence-corrected chi connectivity index (χ3v) is 5.77. The average molecular weight is 412 g/mol. The first-order chi connectivity index (χ1) is 14.4. The lowest BCUT2D eigenvalue weighted by molar-refractivity contribution is -0.132. The van der Waals surface area contributed by atoms with Gasteiger partial charge in [0, 0.05) is 31.7 Å². The van der Waals surface area contributed by atoms with Crippen LogP contribution in [0.25, 0.3) is 0 Å². The summed E-state index contributed by atoms with van der Waals surface area (Å²) >= 11 is 0. The van der Waals surface area contributed by atoms with Gasteiger partial charge in [0.2, 0.25) is 5.91 Å². The van der Waals surface area contributed by atoms with E-state index in [4.69, 9.17) is 4.42 Å². The number of benzene rings is 1. The van der Waals surface area contributed by atoms with Crippen molar-refractivity contribution in [2.45, 2.75) is 52.5 Å². The molecule has 0 radical (unpaired) electrons. The van der Waals surface area contributed by atoms with Gasteiger partial charge in [-0.25, -0.2) is 4.79 Å². The molecule has 3 rings (SSSR count). The van der Waals surface area contributed by atoms with E-state index in [1.54, 1.807) is 17.2 Å². The smallest absolute Gasteiger partial charge is 0.322 e. The summed E-state index contributed by atoms with van der Waals surface area (Å²) in [5.74, 6) is 1.92. The fourth-order valence-electron chi connectivity index (χ4n) is 3.64. The lowest BCUT2D eigenvalue weighted by atomic mass is 9.99. The number of hydrogen-bond donors (Lipinski definition) is 1. The molecule has 1 aromatic heterocycles. The van der Waals surface area contributed by atoms with Crippen LogP contribution in [0.2, 0.25) is 0 Å². The van der Waals surface area contributed by atoms with Gasteiger partial charge in [0.25, 0.3) is 0 Å². The molecule has 0 unspecified atom stereocenters. The summed E-state index contributed by atoms with van der Waals surface area (Å²) in [4.78, 5) is 29.1. The van der Waals surface area contributed by atoms with Crippen molar-refractivity contribution in [3.63, 3.8) is 0 Å². The highest BCUT2D eigenvalue weighted by Crippen LogP contribution is 2.19. The van der Waals surface area contributed by atoms with Crippen molar-refractivity contribution >= 4 is 17.6 Å². The van der Waals surface area contributed by atoms with E-state index in [9.17, 15) is 9.59 Å². The Morgan fingerprint density at radius 3 is 2.47 bits per heavy atom. The van der Waals surface area contributed by atoms with E-state index < -0.39 is 0 Å². The summed E-state index contributed by atoms with van der Waals surface area (Å²) in [7, 11) is 0. The summed E-state index contributed by atoms with van der Waals surface area (Å²) < 4.78 is 5.42. The number of urea groups is 1. The van der Waals surface area contributed by atoms with Gasteiger partial charge < -0.3 is 19.5 Å². The van der Waals surface area contributed by atoms with E-state index in [0.717, 1.165) is 31.6 Å². The van der Waals surface area contributed by atoms with E-state index >= 15 is 0 Å². The van der Waals surface area contributed by atoms with Gasteiger partial charge in [0.1, 0.15) is 5.76 Å². The molecular formula is C24H33N3O3.